The molecule has 3 heterocycles. The van der Waals surface area contributed by atoms with Gasteiger partial charge in [0.05, 0.1) is 19.5 Å². The molecule has 0 radical (unpaired) electrons. The van der Waals surface area contributed by atoms with Gasteiger partial charge >= 0.3 is 23.5 Å². The molecule has 2 aromatic carbocycles. The van der Waals surface area contributed by atoms with Gasteiger partial charge in [-0.3, -0.25) is 32.5 Å². The summed E-state index contributed by atoms with van der Waals surface area (Å²) < 4.78 is 62.7. The van der Waals surface area contributed by atoms with E-state index in [1.54, 1.807) is 12.1 Å². The molecule has 7 atom stereocenters. The van der Waals surface area contributed by atoms with Crippen molar-refractivity contribution in [2.75, 3.05) is 37.8 Å². The number of phosphoric acid groups is 3. The van der Waals surface area contributed by atoms with Crippen LogP contribution in [0, 0.1) is 12.3 Å². The Morgan fingerprint density at radius 2 is 1.56 bits per heavy atom. The number of rotatable bonds is 22. The lowest BCUT2D eigenvalue weighted by molar-refractivity contribution is -0.137. The Balaban J connectivity index is 0.903. The summed E-state index contributed by atoms with van der Waals surface area (Å²) >= 11 is 1.03. The third kappa shape index (κ3) is 14.4. The van der Waals surface area contributed by atoms with Gasteiger partial charge in [-0.2, -0.15) is 4.31 Å². The number of amides is 2. The molecule has 73 heavy (non-hydrogen) atoms. The highest BCUT2D eigenvalue weighted by atomic mass is 32.2. The van der Waals surface area contributed by atoms with Gasteiger partial charge < -0.3 is 50.9 Å². The fraction of sp³-hybridized carbons (Fsp3) is 0.511. The number of imidazole rings is 1. The first-order valence-corrected chi connectivity index (χ1v) is 28.3. The molecule has 2 amide bonds. The van der Waals surface area contributed by atoms with Crippen molar-refractivity contribution >= 4 is 74.7 Å². The molecule has 400 valence electrons. The summed E-state index contributed by atoms with van der Waals surface area (Å²) in [5.74, 6) is -1.23. The summed E-state index contributed by atoms with van der Waals surface area (Å²) in [5, 5.41) is 26.5. The number of nitrogens with two attached hydrogens (primary N) is 1. The molecule has 2 aromatic heterocycles. The molecule has 2 aliphatic rings. The number of carbonyl (C=O) groups excluding carboxylic acids is 3. The lowest BCUT2D eigenvalue weighted by Gasteiger charge is -2.42. The standard InChI is InChI=1S/C45H62N7O17P3S/c1-25-19-30-31(44(5,6)15-14-43(30,3)4)20-29(25)26(2)27-9-11-28(12-10-27)42(57)73-18-17-47-33(53)13-16-48-40(56)37(55)45(7,8)22-66-72(63,64)69-71(61,62)65-21-32-36(68-70(58,59)60)35(54)41(67-32)52-24-51-34-38(46)49-23-50-39(34)52/h9-12,19-20,23-24,32,35-37,41,54-55H,2,13-18,21-22H2,1,3-8H3,(H,47,53)(H,48,56)(H,61,62)(H,63,64)(H2,46,49,50)(H2,58,59,60). The van der Waals surface area contributed by atoms with Crippen LogP contribution in [0.3, 0.4) is 0 Å². The number of ether oxygens (including phenoxy) is 1. The number of phosphoric ester groups is 3. The Kier molecular flexibility index (Phi) is 17.9. The van der Waals surface area contributed by atoms with E-state index in [1.807, 2.05) is 12.1 Å². The first-order chi connectivity index (χ1) is 33.8. The molecule has 4 aromatic rings. The van der Waals surface area contributed by atoms with Crippen molar-refractivity contribution in [2.45, 2.75) is 109 Å². The van der Waals surface area contributed by atoms with Crippen LogP contribution < -0.4 is 16.4 Å². The van der Waals surface area contributed by atoms with E-state index in [2.05, 4.69) is 87.8 Å². The van der Waals surface area contributed by atoms with Crippen LogP contribution in [0.1, 0.15) is 105 Å². The Morgan fingerprint density at radius 3 is 2.21 bits per heavy atom. The minimum absolute atomic E-state index is 0.0270. The first-order valence-electron chi connectivity index (χ1n) is 22.8. The number of aromatic nitrogens is 4. The van der Waals surface area contributed by atoms with Crippen molar-refractivity contribution in [2.24, 2.45) is 5.41 Å². The molecule has 7 unspecified atom stereocenters. The minimum Gasteiger partial charge on any atom is -0.386 e. The number of benzene rings is 2. The topological polar surface area (TPSA) is 364 Å². The smallest absolute Gasteiger partial charge is 0.386 e. The van der Waals surface area contributed by atoms with Crippen LogP contribution in [0.4, 0.5) is 5.82 Å². The van der Waals surface area contributed by atoms with Gasteiger partial charge in [0.2, 0.25) is 16.9 Å². The van der Waals surface area contributed by atoms with Crippen molar-refractivity contribution in [3.05, 3.63) is 89.0 Å². The van der Waals surface area contributed by atoms with Crippen molar-refractivity contribution in [3.63, 3.8) is 0 Å². The number of hydrogen-bond acceptors (Lipinski definition) is 18. The zero-order valence-electron chi connectivity index (χ0n) is 41.2. The van der Waals surface area contributed by atoms with Crippen LogP contribution in [0.25, 0.3) is 16.7 Å². The average Bonchev–Trinajstić information content (AvgIpc) is 3.87. The Hall–Kier alpha value is -4.26. The van der Waals surface area contributed by atoms with Crippen LogP contribution in [0.15, 0.2) is 55.6 Å². The Bertz CT molecular complexity index is 2880. The minimum atomic E-state index is -5.60. The second kappa shape index (κ2) is 22.5. The van der Waals surface area contributed by atoms with Crippen LogP contribution in [0.2, 0.25) is 0 Å². The maximum Gasteiger partial charge on any atom is 0.481 e. The van der Waals surface area contributed by atoms with E-state index in [9.17, 15) is 57.9 Å². The molecule has 1 aliphatic heterocycles. The first kappa shape index (κ1) is 58.0. The van der Waals surface area contributed by atoms with E-state index in [-0.39, 0.29) is 58.2 Å². The molecular formula is C45H62N7O17P3S. The van der Waals surface area contributed by atoms with Crippen molar-refractivity contribution in [1.82, 2.24) is 30.2 Å². The number of nitrogens with zero attached hydrogens (tertiary/aromatic N) is 4. The van der Waals surface area contributed by atoms with Gasteiger partial charge in [-0.15, -0.1) is 0 Å². The number of carbonyl (C=O) groups is 3. The molecule has 0 saturated carbocycles. The summed E-state index contributed by atoms with van der Waals surface area (Å²) in [7, 11) is -16.5. The second-order valence-electron chi connectivity index (χ2n) is 19.7. The quantitative estimate of drug-likeness (QED) is 0.0380. The van der Waals surface area contributed by atoms with Gasteiger partial charge in [0, 0.05) is 36.2 Å². The summed E-state index contributed by atoms with van der Waals surface area (Å²) in [5.41, 5.74) is 11.6. The fourth-order valence-electron chi connectivity index (χ4n) is 8.37. The van der Waals surface area contributed by atoms with E-state index < -0.39 is 84.6 Å². The lowest BCUT2D eigenvalue weighted by atomic mass is 9.62. The third-order valence-corrected chi connectivity index (χ3v) is 16.7. The fourth-order valence-corrected chi connectivity index (χ4v) is 11.9. The van der Waals surface area contributed by atoms with Crippen molar-refractivity contribution < 1.29 is 80.5 Å². The van der Waals surface area contributed by atoms with Crippen molar-refractivity contribution in [3.8, 4) is 0 Å². The SMILES string of the molecule is C=C(c1ccc(C(=O)SCCNC(=O)CCNC(=O)C(O)C(C)(C)COP(=O)(O)OP(=O)(O)OCC2OC(n3cnc4c(N)ncnc43)C(O)C2OP(=O)(O)O)cc1)c1cc2c(cc1C)C(C)(C)CCC2(C)C. The van der Waals surface area contributed by atoms with Crippen LogP contribution in [-0.4, -0.2) is 123 Å². The summed E-state index contributed by atoms with van der Waals surface area (Å²) in [6.45, 7) is 16.1. The molecule has 28 heteroatoms. The van der Waals surface area contributed by atoms with E-state index in [1.165, 1.54) is 25.0 Å². The van der Waals surface area contributed by atoms with Gasteiger partial charge in [0.15, 0.2) is 17.7 Å². The van der Waals surface area contributed by atoms with Gasteiger partial charge in [-0.1, -0.05) is 84.1 Å². The predicted molar refractivity (Wildman–Crippen MR) is 267 cm³/mol. The highest BCUT2D eigenvalue weighted by Crippen LogP contribution is 2.61. The number of nitrogens with one attached hydrogen (secondary N) is 2. The van der Waals surface area contributed by atoms with Gasteiger partial charge in [0.1, 0.15) is 36.3 Å². The van der Waals surface area contributed by atoms with E-state index in [4.69, 9.17) is 19.5 Å². The maximum absolute atomic E-state index is 13.0. The lowest BCUT2D eigenvalue weighted by Crippen LogP contribution is -2.46. The number of fused-ring (bicyclic) bond motifs is 2. The number of aliphatic hydroxyl groups excluding tert-OH is 2. The molecule has 6 rings (SSSR count). The molecule has 1 saturated heterocycles. The largest absolute Gasteiger partial charge is 0.481 e. The highest BCUT2D eigenvalue weighted by molar-refractivity contribution is 8.14. The van der Waals surface area contributed by atoms with Crippen LogP contribution in [0.5, 0.6) is 0 Å². The molecule has 10 N–H and O–H groups in total. The summed E-state index contributed by atoms with van der Waals surface area (Å²) in [6, 6.07) is 11.8. The number of anilines is 1. The number of aryl methyl sites for hydroxylation is 1. The highest BCUT2D eigenvalue weighted by Gasteiger charge is 2.50. The zero-order chi connectivity index (χ0) is 54.1. The maximum atomic E-state index is 13.0. The summed E-state index contributed by atoms with van der Waals surface area (Å²) in [6.07, 6.45) is -4.80. The molecule has 1 aliphatic carbocycles. The van der Waals surface area contributed by atoms with Crippen LogP contribution >= 0.6 is 35.2 Å². The Labute approximate surface area is 425 Å². The average molecular weight is 1100 g/mol. The van der Waals surface area contributed by atoms with E-state index in [0.717, 1.165) is 64.1 Å². The summed E-state index contributed by atoms with van der Waals surface area (Å²) in [4.78, 5) is 89.6. The van der Waals surface area contributed by atoms with Gasteiger partial charge in [-0.25, -0.2) is 28.6 Å². The molecule has 0 spiro atoms. The normalized spacial score (nSPS) is 21.7. The van der Waals surface area contributed by atoms with Gasteiger partial charge in [-0.05, 0) is 76.1 Å². The molecular weight excluding hydrogens is 1040 g/mol. The predicted octanol–water partition coefficient (Wildman–Crippen LogP) is 4.70. The van der Waals surface area contributed by atoms with Crippen molar-refractivity contribution in [1.29, 1.82) is 0 Å². The number of aliphatic hydroxyl groups is 2. The molecule has 0 bridgehead atoms. The zero-order valence-corrected chi connectivity index (χ0v) is 44.7. The molecule has 1 fully saturated rings. The molecule has 24 nitrogen and oxygen atoms in total. The van der Waals surface area contributed by atoms with Gasteiger partial charge in [0.25, 0.3) is 0 Å². The number of thioether (sulfide) groups is 1. The van der Waals surface area contributed by atoms with Crippen LogP contribution in [-0.2, 0) is 56.7 Å². The van der Waals surface area contributed by atoms with E-state index in [0.29, 0.717) is 5.56 Å². The monoisotopic (exact) mass is 1100 g/mol. The Morgan fingerprint density at radius 1 is 0.945 bits per heavy atom. The third-order valence-electron chi connectivity index (χ3n) is 12.7. The van der Waals surface area contributed by atoms with E-state index >= 15 is 0 Å². The second-order valence-corrected chi connectivity index (χ2v) is 25.0. The number of hydrogen-bond donors (Lipinski definition) is 9. The number of nitrogen functional groups attached to an aromatic ring is 1.